The van der Waals surface area contributed by atoms with Gasteiger partial charge in [0.1, 0.15) is 0 Å². The quantitative estimate of drug-likeness (QED) is 0.868. The van der Waals surface area contributed by atoms with Crippen LogP contribution in [0.5, 0.6) is 0 Å². The summed E-state index contributed by atoms with van der Waals surface area (Å²) in [5, 5.41) is 1.23. The second-order valence-corrected chi connectivity index (χ2v) is 7.13. The average molecular weight is 348 g/mol. The van der Waals surface area contributed by atoms with Gasteiger partial charge in [-0.15, -0.1) is 12.4 Å². The summed E-state index contributed by atoms with van der Waals surface area (Å²) in [4.78, 5) is 18.7. The largest absolute Gasteiger partial charge is 0.357 e. The number of carbonyl (C=O) groups is 1. The summed E-state index contributed by atoms with van der Waals surface area (Å²) in [7, 11) is 0. The van der Waals surface area contributed by atoms with E-state index < -0.39 is 0 Å². The number of fused-ring (bicyclic) bond motifs is 1. The first-order valence-corrected chi connectivity index (χ1v) is 8.86. The number of amides is 1. The van der Waals surface area contributed by atoms with Crippen molar-refractivity contribution in [3.8, 4) is 0 Å². The van der Waals surface area contributed by atoms with Crippen LogP contribution in [0.2, 0.25) is 0 Å². The Morgan fingerprint density at radius 3 is 2.75 bits per heavy atom. The Morgan fingerprint density at radius 2 is 2.00 bits per heavy atom. The fourth-order valence-corrected chi connectivity index (χ4v) is 4.27. The van der Waals surface area contributed by atoms with Gasteiger partial charge in [0.15, 0.2) is 0 Å². The molecule has 4 rings (SSSR count). The molecular weight excluding hydrogens is 322 g/mol. The number of nitrogens with two attached hydrogens (primary N) is 1. The van der Waals surface area contributed by atoms with Gasteiger partial charge in [0, 0.05) is 29.7 Å². The first-order chi connectivity index (χ1) is 11.2. The highest BCUT2D eigenvalue weighted by Crippen LogP contribution is 2.35. The predicted octanol–water partition coefficient (Wildman–Crippen LogP) is 3.77. The van der Waals surface area contributed by atoms with E-state index in [0.717, 1.165) is 44.2 Å². The van der Waals surface area contributed by atoms with Crippen LogP contribution in [0.25, 0.3) is 10.9 Å². The number of hydrogen-bond donors (Lipinski definition) is 2. The molecule has 5 heteroatoms. The van der Waals surface area contributed by atoms with Crippen molar-refractivity contribution in [2.75, 3.05) is 6.54 Å². The summed E-state index contributed by atoms with van der Waals surface area (Å²) in [6, 6.07) is 11.0. The summed E-state index contributed by atoms with van der Waals surface area (Å²) in [6.07, 6.45) is 6.15. The molecule has 2 aromatic rings. The van der Waals surface area contributed by atoms with Gasteiger partial charge in [0.25, 0.3) is 0 Å². The Morgan fingerprint density at radius 1 is 1.17 bits per heavy atom. The van der Waals surface area contributed by atoms with E-state index in [1.165, 1.54) is 17.5 Å². The zero-order valence-electron chi connectivity index (χ0n) is 13.9. The number of likely N-dealkylation sites (tertiary alicyclic amines) is 1. The molecule has 3 unspecified atom stereocenters. The molecule has 1 aliphatic carbocycles. The molecule has 1 aromatic carbocycles. The van der Waals surface area contributed by atoms with Crippen molar-refractivity contribution < 1.29 is 4.79 Å². The van der Waals surface area contributed by atoms with Crippen molar-refractivity contribution in [1.82, 2.24) is 9.88 Å². The van der Waals surface area contributed by atoms with Gasteiger partial charge in [-0.3, -0.25) is 4.79 Å². The lowest BCUT2D eigenvalue weighted by Crippen LogP contribution is -2.41. The van der Waals surface area contributed by atoms with Crippen LogP contribution in [-0.2, 0) is 4.79 Å². The molecule has 1 saturated heterocycles. The van der Waals surface area contributed by atoms with Gasteiger partial charge < -0.3 is 15.6 Å². The minimum absolute atomic E-state index is 0. The molecule has 3 atom stereocenters. The fraction of sp³-hybridized carbons (Fsp3) is 0.526. The van der Waals surface area contributed by atoms with Crippen molar-refractivity contribution in [2.45, 2.75) is 50.6 Å². The number of nitrogens with one attached hydrogen (secondary N) is 1. The Bertz CT molecular complexity index is 680. The fourth-order valence-electron chi connectivity index (χ4n) is 4.27. The van der Waals surface area contributed by atoms with Crippen LogP contribution in [0, 0.1) is 5.92 Å². The minimum atomic E-state index is 0. The normalized spacial score (nSPS) is 27.2. The van der Waals surface area contributed by atoms with E-state index in [0.29, 0.717) is 5.91 Å². The van der Waals surface area contributed by atoms with Gasteiger partial charge in [-0.05, 0) is 56.0 Å². The second kappa shape index (κ2) is 7.16. The van der Waals surface area contributed by atoms with E-state index in [1.54, 1.807) is 0 Å². The summed E-state index contributed by atoms with van der Waals surface area (Å²) < 4.78 is 0. The van der Waals surface area contributed by atoms with Gasteiger partial charge in [-0.2, -0.15) is 0 Å². The van der Waals surface area contributed by atoms with E-state index in [4.69, 9.17) is 5.73 Å². The summed E-state index contributed by atoms with van der Waals surface area (Å²) in [5.41, 5.74) is 8.35. The number of hydrogen-bond acceptors (Lipinski definition) is 2. The number of nitrogens with zero attached hydrogens (tertiary/aromatic N) is 1. The molecule has 130 valence electrons. The molecule has 4 nitrogen and oxygen atoms in total. The van der Waals surface area contributed by atoms with Gasteiger partial charge in [-0.25, -0.2) is 0 Å². The Balaban J connectivity index is 0.00000169. The maximum Gasteiger partial charge on any atom is 0.226 e. The number of benzene rings is 1. The third-order valence-electron chi connectivity index (χ3n) is 5.52. The molecule has 0 bridgehead atoms. The molecule has 1 saturated carbocycles. The number of piperidine rings is 1. The van der Waals surface area contributed by atoms with Gasteiger partial charge >= 0.3 is 0 Å². The number of aromatic nitrogens is 1. The van der Waals surface area contributed by atoms with Crippen molar-refractivity contribution in [3.05, 3.63) is 36.0 Å². The van der Waals surface area contributed by atoms with Crippen molar-refractivity contribution in [3.63, 3.8) is 0 Å². The van der Waals surface area contributed by atoms with E-state index >= 15 is 0 Å². The second-order valence-electron chi connectivity index (χ2n) is 7.13. The highest BCUT2D eigenvalue weighted by molar-refractivity contribution is 5.85. The van der Waals surface area contributed by atoms with Crippen LogP contribution in [0.3, 0.4) is 0 Å². The van der Waals surface area contributed by atoms with Crippen LogP contribution < -0.4 is 5.73 Å². The van der Waals surface area contributed by atoms with Crippen LogP contribution in [-0.4, -0.2) is 28.4 Å². The molecule has 0 radical (unpaired) electrons. The van der Waals surface area contributed by atoms with Gasteiger partial charge in [0.2, 0.25) is 5.91 Å². The van der Waals surface area contributed by atoms with E-state index in [1.807, 2.05) is 6.07 Å². The maximum atomic E-state index is 13.0. The lowest BCUT2D eigenvalue weighted by Gasteiger charge is -2.37. The standard InChI is InChI=1S/C19H25N3O.ClH/c20-15-9-8-14(11-15)19(23)22-10-4-3-7-18(22)17-12-13-5-1-2-6-16(13)21-17;/h1-2,5-6,12,14-15,18,21H,3-4,7-11,20H2;1H. The molecule has 2 aliphatic rings. The molecule has 0 spiro atoms. The lowest BCUT2D eigenvalue weighted by atomic mass is 9.96. The van der Waals surface area contributed by atoms with E-state index in [9.17, 15) is 4.79 Å². The van der Waals surface area contributed by atoms with Crippen molar-refractivity contribution in [1.29, 1.82) is 0 Å². The summed E-state index contributed by atoms with van der Waals surface area (Å²) in [5.74, 6) is 0.455. The Hall–Kier alpha value is -1.52. The number of H-pyrrole nitrogens is 1. The molecule has 2 heterocycles. The monoisotopic (exact) mass is 347 g/mol. The average Bonchev–Trinajstić information content (AvgIpc) is 3.20. The third kappa shape index (κ3) is 3.17. The van der Waals surface area contributed by atoms with Crippen LogP contribution >= 0.6 is 12.4 Å². The molecule has 24 heavy (non-hydrogen) atoms. The van der Waals surface area contributed by atoms with Crippen molar-refractivity contribution in [2.24, 2.45) is 11.7 Å². The topological polar surface area (TPSA) is 62.1 Å². The molecule has 3 N–H and O–H groups in total. The molecular formula is C19H26ClN3O. The first-order valence-electron chi connectivity index (χ1n) is 8.86. The van der Waals surface area contributed by atoms with Crippen molar-refractivity contribution >= 4 is 29.2 Å². The van der Waals surface area contributed by atoms with Crippen LogP contribution in [0.15, 0.2) is 30.3 Å². The van der Waals surface area contributed by atoms with E-state index in [-0.39, 0.29) is 30.4 Å². The maximum absolute atomic E-state index is 13.0. The highest BCUT2D eigenvalue weighted by Gasteiger charge is 2.36. The summed E-state index contributed by atoms with van der Waals surface area (Å²) in [6.45, 7) is 0.880. The number of aromatic amines is 1. The minimum Gasteiger partial charge on any atom is -0.357 e. The summed E-state index contributed by atoms with van der Waals surface area (Å²) >= 11 is 0. The SMILES string of the molecule is Cl.NC1CCC(C(=O)N2CCCCC2c2cc3ccccc3[nH]2)C1. The van der Waals surface area contributed by atoms with Crippen LogP contribution in [0.4, 0.5) is 0 Å². The zero-order valence-corrected chi connectivity index (χ0v) is 14.7. The Labute approximate surface area is 149 Å². The number of halogens is 1. The first kappa shape index (κ1) is 17.3. The predicted molar refractivity (Wildman–Crippen MR) is 99.2 cm³/mol. The molecule has 1 amide bonds. The smallest absolute Gasteiger partial charge is 0.226 e. The third-order valence-corrected chi connectivity index (χ3v) is 5.52. The molecule has 2 fully saturated rings. The lowest BCUT2D eigenvalue weighted by molar-refractivity contribution is -0.139. The van der Waals surface area contributed by atoms with E-state index in [2.05, 4.69) is 34.1 Å². The van der Waals surface area contributed by atoms with Gasteiger partial charge in [0.05, 0.1) is 6.04 Å². The van der Waals surface area contributed by atoms with Crippen LogP contribution in [0.1, 0.15) is 50.3 Å². The zero-order chi connectivity index (χ0) is 15.8. The molecule has 1 aliphatic heterocycles. The molecule has 1 aromatic heterocycles. The van der Waals surface area contributed by atoms with Gasteiger partial charge in [-0.1, -0.05) is 18.2 Å². The highest BCUT2D eigenvalue weighted by atomic mass is 35.5. The number of para-hydroxylation sites is 1. The number of rotatable bonds is 2. The Kier molecular flexibility index (Phi) is 5.16. The number of carbonyl (C=O) groups excluding carboxylic acids is 1.